The van der Waals surface area contributed by atoms with Gasteiger partial charge in [0.05, 0.1) is 5.56 Å². The van der Waals surface area contributed by atoms with Gasteiger partial charge in [0, 0.05) is 31.2 Å². The van der Waals surface area contributed by atoms with E-state index in [9.17, 15) is 4.79 Å². The van der Waals surface area contributed by atoms with Crippen LogP contribution in [0.4, 0.5) is 11.6 Å². The Hall–Kier alpha value is -2.47. The molecule has 1 amide bonds. The fourth-order valence-corrected chi connectivity index (χ4v) is 2.18. The van der Waals surface area contributed by atoms with Gasteiger partial charge in [-0.2, -0.15) is 0 Å². The summed E-state index contributed by atoms with van der Waals surface area (Å²) in [4.78, 5) is 22.6. The lowest BCUT2D eigenvalue weighted by Gasteiger charge is -2.10. The smallest absolute Gasteiger partial charge is 0.258 e. The molecule has 0 aliphatic heterocycles. The number of amides is 1. The summed E-state index contributed by atoms with van der Waals surface area (Å²) < 4.78 is 0. The first-order valence-electron chi connectivity index (χ1n) is 7.54. The molecular weight excluding hydrogens is 290 g/mol. The highest BCUT2D eigenvalue weighted by Crippen LogP contribution is 2.14. The molecule has 1 aromatic heterocycles. The summed E-state index contributed by atoms with van der Waals surface area (Å²) >= 11 is 0. The molecule has 0 aliphatic rings. The van der Waals surface area contributed by atoms with Crippen molar-refractivity contribution in [1.82, 2.24) is 14.9 Å². The summed E-state index contributed by atoms with van der Waals surface area (Å²) in [5, 5.41) is 5.98. The quantitative estimate of drug-likeness (QED) is 0.856. The number of rotatable bonds is 6. The Morgan fingerprint density at radius 2 is 1.70 bits per heavy atom. The fraction of sp³-hybridized carbons (Fsp3) is 0.353. The van der Waals surface area contributed by atoms with Crippen LogP contribution in [0.5, 0.6) is 0 Å². The number of carbonyl (C=O) groups excluding carboxylic acids is 1. The van der Waals surface area contributed by atoms with Crippen molar-refractivity contribution >= 4 is 17.5 Å². The lowest BCUT2D eigenvalue weighted by atomic mass is 10.1. The van der Waals surface area contributed by atoms with Crippen LogP contribution < -0.4 is 10.6 Å². The molecule has 2 aromatic rings. The molecular formula is C17H23N5O. The Balaban J connectivity index is 1.97. The van der Waals surface area contributed by atoms with E-state index in [4.69, 9.17) is 0 Å². The van der Waals surface area contributed by atoms with E-state index in [1.807, 2.05) is 40.1 Å². The normalized spacial score (nSPS) is 10.7. The van der Waals surface area contributed by atoms with Crippen LogP contribution in [0.1, 0.15) is 21.5 Å². The van der Waals surface area contributed by atoms with Gasteiger partial charge in [0.1, 0.15) is 0 Å². The first-order valence-corrected chi connectivity index (χ1v) is 7.54. The van der Waals surface area contributed by atoms with E-state index in [0.717, 1.165) is 29.9 Å². The average Bonchev–Trinajstić information content (AvgIpc) is 2.46. The third-order valence-corrected chi connectivity index (χ3v) is 3.24. The summed E-state index contributed by atoms with van der Waals surface area (Å²) in [5.41, 5.74) is 3.43. The number of aromatic nitrogens is 2. The first kappa shape index (κ1) is 16.9. The Morgan fingerprint density at radius 1 is 1.09 bits per heavy atom. The van der Waals surface area contributed by atoms with Gasteiger partial charge in [-0.05, 0) is 51.2 Å². The zero-order valence-electron chi connectivity index (χ0n) is 14.1. The molecule has 6 nitrogen and oxygen atoms in total. The molecule has 1 heterocycles. The predicted molar refractivity (Wildman–Crippen MR) is 92.9 cm³/mol. The largest absolute Gasteiger partial charge is 0.353 e. The van der Waals surface area contributed by atoms with Crippen molar-refractivity contribution in [3.63, 3.8) is 0 Å². The van der Waals surface area contributed by atoms with E-state index in [1.165, 1.54) is 12.4 Å². The molecule has 1 aromatic carbocycles. The lowest BCUT2D eigenvalue weighted by molar-refractivity contribution is 0.102. The number of nitrogens with zero attached hydrogens (tertiary/aromatic N) is 3. The second-order valence-electron chi connectivity index (χ2n) is 5.86. The standard InChI is InChI=1S/C17H23N5O/c1-12-7-13(2)9-15(8-12)21-16(23)14-10-19-17(20-11-14)18-5-6-22(3)4/h7-11H,5-6H2,1-4H3,(H,21,23)(H,18,19,20). The van der Waals surface area contributed by atoms with Crippen molar-refractivity contribution in [2.24, 2.45) is 0 Å². The maximum absolute atomic E-state index is 12.2. The van der Waals surface area contributed by atoms with Crippen molar-refractivity contribution in [1.29, 1.82) is 0 Å². The summed E-state index contributed by atoms with van der Waals surface area (Å²) in [6.45, 7) is 5.64. The molecule has 0 saturated heterocycles. The molecule has 6 heteroatoms. The number of hydrogen-bond donors (Lipinski definition) is 2. The van der Waals surface area contributed by atoms with E-state index >= 15 is 0 Å². The van der Waals surface area contributed by atoms with Crippen LogP contribution in [-0.2, 0) is 0 Å². The maximum Gasteiger partial charge on any atom is 0.258 e. The van der Waals surface area contributed by atoms with Crippen LogP contribution >= 0.6 is 0 Å². The number of aryl methyl sites for hydroxylation is 2. The van der Waals surface area contributed by atoms with Crippen LogP contribution in [0.2, 0.25) is 0 Å². The number of anilines is 2. The maximum atomic E-state index is 12.2. The topological polar surface area (TPSA) is 70.2 Å². The van der Waals surface area contributed by atoms with Crippen molar-refractivity contribution in [3.05, 3.63) is 47.3 Å². The van der Waals surface area contributed by atoms with Gasteiger partial charge in [-0.1, -0.05) is 6.07 Å². The highest BCUT2D eigenvalue weighted by Gasteiger charge is 2.08. The fourth-order valence-electron chi connectivity index (χ4n) is 2.18. The molecule has 2 N–H and O–H groups in total. The van der Waals surface area contributed by atoms with Crippen molar-refractivity contribution in [2.75, 3.05) is 37.8 Å². The Kier molecular flexibility index (Phi) is 5.65. The average molecular weight is 313 g/mol. The van der Waals surface area contributed by atoms with Crippen molar-refractivity contribution in [2.45, 2.75) is 13.8 Å². The number of likely N-dealkylation sites (N-methyl/N-ethyl adjacent to an activating group) is 1. The molecule has 0 radical (unpaired) electrons. The van der Waals surface area contributed by atoms with Crippen molar-refractivity contribution in [3.8, 4) is 0 Å². The van der Waals surface area contributed by atoms with E-state index in [0.29, 0.717) is 11.5 Å². The minimum Gasteiger partial charge on any atom is -0.353 e. The SMILES string of the molecule is Cc1cc(C)cc(NC(=O)c2cnc(NCCN(C)C)nc2)c1. The van der Waals surface area contributed by atoms with Crippen LogP contribution in [-0.4, -0.2) is 48.0 Å². The van der Waals surface area contributed by atoms with Crippen LogP contribution in [0.25, 0.3) is 0 Å². The van der Waals surface area contributed by atoms with E-state index in [1.54, 1.807) is 0 Å². The molecule has 0 spiro atoms. The molecule has 0 unspecified atom stereocenters. The first-order chi connectivity index (χ1) is 10.9. The molecule has 2 rings (SSSR count). The highest BCUT2D eigenvalue weighted by atomic mass is 16.1. The third-order valence-electron chi connectivity index (χ3n) is 3.24. The van der Waals surface area contributed by atoms with E-state index < -0.39 is 0 Å². The summed E-state index contributed by atoms with van der Waals surface area (Å²) in [7, 11) is 4.01. The van der Waals surface area contributed by atoms with Crippen LogP contribution in [0, 0.1) is 13.8 Å². The summed E-state index contributed by atoms with van der Waals surface area (Å²) in [5.74, 6) is 0.310. The van der Waals surface area contributed by atoms with E-state index in [2.05, 4.69) is 31.6 Å². The van der Waals surface area contributed by atoms with Gasteiger partial charge in [0.25, 0.3) is 5.91 Å². The molecule has 0 aliphatic carbocycles. The van der Waals surface area contributed by atoms with Gasteiger partial charge < -0.3 is 15.5 Å². The van der Waals surface area contributed by atoms with Crippen LogP contribution in [0.3, 0.4) is 0 Å². The number of nitrogens with one attached hydrogen (secondary N) is 2. The minimum atomic E-state index is -0.213. The Morgan fingerprint density at radius 3 is 2.26 bits per heavy atom. The monoisotopic (exact) mass is 313 g/mol. The summed E-state index contributed by atoms with van der Waals surface area (Å²) in [6, 6.07) is 5.93. The Bertz CT molecular complexity index is 647. The van der Waals surface area contributed by atoms with Gasteiger partial charge in [-0.3, -0.25) is 4.79 Å². The Labute approximate surface area is 137 Å². The third kappa shape index (κ3) is 5.34. The van der Waals surface area contributed by atoms with Crippen molar-refractivity contribution < 1.29 is 4.79 Å². The molecule has 0 bridgehead atoms. The van der Waals surface area contributed by atoms with Gasteiger partial charge in [0.15, 0.2) is 0 Å². The minimum absolute atomic E-state index is 0.213. The van der Waals surface area contributed by atoms with Gasteiger partial charge >= 0.3 is 0 Å². The van der Waals surface area contributed by atoms with Gasteiger partial charge in [0.2, 0.25) is 5.95 Å². The predicted octanol–water partition coefficient (Wildman–Crippen LogP) is 2.32. The molecule has 23 heavy (non-hydrogen) atoms. The highest BCUT2D eigenvalue weighted by molar-refractivity contribution is 6.03. The second-order valence-corrected chi connectivity index (χ2v) is 5.86. The molecule has 122 valence electrons. The molecule has 0 atom stereocenters. The van der Waals surface area contributed by atoms with Crippen LogP contribution in [0.15, 0.2) is 30.6 Å². The molecule has 0 saturated carbocycles. The summed E-state index contributed by atoms with van der Waals surface area (Å²) in [6.07, 6.45) is 3.06. The number of benzene rings is 1. The van der Waals surface area contributed by atoms with Gasteiger partial charge in [-0.15, -0.1) is 0 Å². The zero-order valence-corrected chi connectivity index (χ0v) is 14.1. The van der Waals surface area contributed by atoms with Gasteiger partial charge in [-0.25, -0.2) is 9.97 Å². The molecule has 0 fully saturated rings. The number of hydrogen-bond acceptors (Lipinski definition) is 5. The zero-order chi connectivity index (χ0) is 16.8. The lowest BCUT2D eigenvalue weighted by Crippen LogP contribution is -2.21. The number of carbonyl (C=O) groups is 1. The van der Waals surface area contributed by atoms with E-state index in [-0.39, 0.29) is 5.91 Å². The second kappa shape index (κ2) is 7.69.